The van der Waals surface area contributed by atoms with Gasteiger partial charge in [-0.05, 0) is 80.4 Å². The van der Waals surface area contributed by atoms with Gasteiger partial charge in [-0.15, -0.1) is 11.3 Å². The highest BCUT2D eigenvalue weighted by molar-refractivity contribution is 7.16. The summed E-state index contributed by atoms with van der Waals surface area (Å²) in [5.41, 5.74) is 5.13. The first-order valence-corrected chi connectivity index (χ1v) is 10.7. The average Bonchev–Trinajstić information content (AvgIpc) is 3.29. The normalized spacial score (nSPS) is 22.3. The standard InChI is InChI=1S/C23H35NS/c1-8-10-18(9-2)24(15-17-11-12-17)21-16(3)19-20(25-21)23(6,7)14-13-22(19,4)5/h8-10,17H,11-15H2,1-7H3. The van der Waals surface area contributed by atoms with Gasteiger partial charge in [-0.2, -0.15) is 0 Å². The van der Waals surface area contributed by atoms with Gasteiger partial charge in [-0.3, -0.25) is 0 Å². The van der Waals surface area contributed by atoms with E-state index in [9.17, 15) is 0 Å². The van der Waals surface area contributed by atoms with E-state index in [1.54, 1.807) is 10.4 Å². The first-order valence-electron chi connectivity index (χ1n) is 9.92. The van der Waals surface area contributed by atoms with Gasteiger partial charge >= 0.3 is 0 Å². The van der Waals surface area contributed by atoms with Crippen molar-refractivity contribution in [2.24, 2.45) is 5.92 Å². The number of rotatable bonds is 5. The van der Waals surface area contributed by atoms with Gasteiger partial charge in [0, 0.05) is 17.1 Å². The molecule has 2 aliphatic carbocycles. The SMILES string of the molecule is CC=CC(=CC)N(CC1CC1)c1sc2c(c1C)C(C)(C)CCC2(C)C. The zero-order valence-electron chi connectivity index (χ0n) is 17.2. The Bertz CT molecular complexity index is 698. The lowest BCUT2D eigenvalue weighted by molar-refractivity contribution is 0.337. The number of allylic oxidation sites excluding steroid dienone is 3. The van der Waals surface area contributed by atoms with Crippen molar-refractivity contribution in [1.82, 2.24) is 0 Å². The Hall–Kier alpha value is -1.02. The topological polar surface area (TPSA) is 3.24 Å². The summed E-state index contributed by atoms with van der Waals surface area (Å²) in [6.07, 6.45) is 12.1. The zero-order chi connectivity index (χ0) is 18.4. The van der Waals surface area contributed by atoms with E-state index in [1.165, 1.54) is 48.5 Å². The lowest BCUT2D eigenvalue weighted by Gasteiger charge is -2.39. The molecule has 1 nitrogen and oxygen atoms in total. The lowest BCUT2D eigenvalue weighted by Crippen LogP contribution is -2.32. The highest BCUT2D eigenvalue weighted by atomic mass is 32.1. The Morgan fingerprint density at radius 3 is 2.28 bits per heavy atom. The quantitative estimate of drug-likeness (QED) is 0.508. The van der Waals surface area contributed by atoms with Crippen molar-refractivity contribution >= 4 is 16.3 Å². The van der Waals surface area contributed by atoms with Crippen LogP contribution in [-0.4, -0.2) is 6.54 Å². The van der Waals surface area contributed by atoms with Gasteiger partial charge in [-0.1, -0.05) is 39.8 Å². The summed E-state index contributed by atoms with van der Waals surface area (Å²) in [6, 6.07) is 0. The van der Waals surface area contributed by atoms with Crippen molar-refractivity contribution in [1.29, 1.82) is 0 Å². The molecule has 3 rings (SSSR count). The third kappa shape index (κ3) is 3.47. The molecule has 0 spiro atoms. The highest BCUT2D eigenvalue weighted by Crippen LogP contribution is 2.54. The minimum absolute atomic E-state index is 0.297. The second-order valence-electron chi connectivity index (χ2n) is 9.27. The molecular weight excluding hydrogens is 322 g/mol. The number of hydrogen-bond acceptors (Lipinski definition) is 2. The molecule has 2 aliphatic rings. The largest absolute Gasteiger partial charge is 0.333 e. The molecule has 1 fully saturated rings. The van der Waals surface area contributed by atoms with E-state index in [0.29, 0.717) is 10.8 Å². The summed E-state index contributed by atoms with van der Waals surface area (Å²) in [5, 5.41) is 1.49. The molecule has 0 amide bonds. The van der Waals surface area contributed by atoms with Crippen LogP contribution >= 0.6 is 11.3 Å². The van der Waals surface area contributed by atoms with Crippen LogP contribution < -0.4 is 4.90 Å². The van der Waals surface area contributed by atoms with E-state index in [4.69, 9.17) is 0 Å². The summed E-state index contributed by atoms with van der Waals surface area (Å²) in [6.45, 7) is 17.6. The third-order valence-corrected chi connectivity index (χ3v) is 7.80. The van der Waals surface area contributed by atoms with Crippen LogP contribution in [0.4, 0.5) is 5.00 Å². The number of fused-ring (bicyclic) bond motifs is 1. The third-order valence-electron chi connectivity index (χ3n) is 6.12. The fourth-order valence-electron chi connectivity index (χ4n) is 4.29. The number of thiophene rings is 1. The van der Waals surface area contributed by atoms with Crippen LogP contribution in [-0.2, 0) is 10.8 Å². The molecule has 2 heteroatoms. The van der Waals surface area contributed by atoms with E-state index in [2.05, 4.69) is 82.9 Å². The van der Waals surface area contributed by atoms with Crippen LogP contribution in [0.5, 0.6) is 0 Å². The van der Waals surface area contributed by atoms with Gasteiger partial charge in [0.05, 0.1) is 5.00 Å². The fourth-order valence-corrected chi connectivity index (χ4v) is 5.94. The van der Waals surface area contributed by atoms with Crippen LogP contribution in [0.25, 0.3) is 0 Å². The Morgan fingerprint density at radius 1 is 1.12 bits per heavy atom. The molecule has 0 bridgehead atoms. The van der Waals surface area contributed by atoms with E-state index >= 15 is 0 Å². The van der Waals surface area contributed by atoms with Crippen molar-refractivity contribution in [3.05, 3.63) is 39.9 Å². The first-order chi connectivity index (χ1) is 11.7. The van der Waals surface area contributed by atoms with Gasteiger partial charge in [0.1, 0.15) is 0 Å². The molecule has 1 aromatic rings. The predicted molar refractivity (Wildman–Crippen MR) is 113 cm³/mol. The maximum Gasteiger partial charge on any atom is 0.0988 e. The smallest absolute Gasteiger partial charge is 0.0988 e. The van der Waals surface area contributed by atoms with Gasteiger partial charge in [0.2, 0.25) is 0 Å². The lowest BCUT2D eigenvalue weighted by atomic mass is 9.66. The second-order valence-corrected chi connectivity index (χ2v) is 10.3. The Balaban J connectivity index is 2.13. The molecule has 0 atom stereocenters. The van der Waals surface area contributed by atoms with Crippen LogP contribution in [0.3, 0.4) is 0 Å². The molecule has 0 N–H and O–H groups in total. The molecule has 1 heterocycles. The van der Waals surface area contributed by atoms with Crippen LogP contribution in [0.1, 0.15) is 83.2 Å². The van der Waals surface area contributed by atoms with Gasteiger partial charge in [-0.25, -0.2) is 0 Å². The zero-order valence-corrected chi connectivity index (χ0v) is 18.0. The van der Waals surface area contributed by atoms with Crippen molar-refractivity contribution < 1.29 is 0 Å². The number of nitrogens with zero attached hydrogens (tertiary/aromatic N) is 1. The Labute approximate surface area is 158 Å². The van der Waals surface area contributed by atoms with Crippen LogP contribution in [0.2, 0.25) is 0 Å². The van der Waals surface area contributed by atoms with Gasteiger partial charge < -0.3 is 4.90 Å². The van der Waals surface area contributed by atoms with Gasteiger partial charge in [0.15, 0.2) is 0 Å². The molecule has 1 saturated carbocycles. The summed E-state index contributed by atoms with van der Waals surface area (Å²) >= 11 is 2.07. The van der Waals surface area contributed by atoms with Crippen molar-refractivity contribution in [2.45, 2.75) is 85.0 Å². The summed E-state index contributed by atoms with van der Waals surface area (Å²) in [7, 11) is 0. The van der Waals surface area contributed by atoms with Crippen LogP contribution in [0, 0.1) is 12.8 Å². The molecular formula is C23H35NS. The maximum absolute atomic E-state index is 2.61. The molecule has 25 heavy (non-hydrogen) atoms. The fraction of sp³-hybridized carbons (Fsp3) is 0.652. The molecule has 0 unspecified atom stereocenters. The number of hydrogen-bond donors (Lipinski definition) is 0. The van der Waals surface area contributed by atoms with Gasteiger partial charge in [0.25, 0.3) is 0 Å². The van der Waals surface area contributed by atoms with Crippen molar-refractivity contribution in [3.8, 4) is 0 Å². The van der Waals surface area contributed by atoms with Crippen LogP contribution in [0.15, 0.2) is 23.9 Å². The average molecular weight is 358 g/mol. The number of anilines is 1. The summed E-state index contributed by atoms with van der Waals surface area (Å²) in [5.74, 6) is 0.875. The monoisotopic (exact) mass is 357 g/mol. The van der Waals surface area contributed by atoms with E-state index in [-0.39, 0.29) is 0 Å². The molecule has 0 radical (unpaired) electrons. The molecule has 1 aromatic heterocycles. The first kappa shape index (κ1) is 18.8. The highest BCUT2D eigenvalue weighted by Gasteiger charge is 2.41. The predicted octanol–water partition coefficient (Wildman–Crippen LogP) is 7.10. The molecule has 138 valence electrons. The summed E-state index contributed by atoms with van der Waals surface area (Å²) in [4.78, 5) is 4.25. The second kappa shape index (κ2) is 6.61. The Kier molecular flexibility index (Phi) is 4.96. The van der Waals surface area contributed by atoms with E-state index in [1.807, 2.05) is 0 Å². The summed E-state index contributed by atoms with van der Waals surface area (Å²) < 4.78 is 0. The minimum atomic E-state index is 0.297. The molecule has 0 aromatic carbocycles. The molecule has 0 saturated heterocycles. The van der Waals surface area contributed by atoms with Crippen molar-refractivity contribution in [3.63, 3.8) is 0 Å². The molecule has 0 aliphatic heterocycles. The van der Waals surface area contributed by atoms with E-state index < -0.39 is 0 Å². The minimum Gasteiger partial charge on any atom is -0.333 e. The van der Waals surface area contributed by atoms with Crippen molar-refractivity contribution in [2.75, 3.05) is 11.4 Å². The maximum atomic E-state index is 2.61. The Morgan fingerprint density at radius 2 is 1.76 bits per heavy atom. The van der Waals surface area contributed by atoms with E-state index in [0.717, 1.165) is 5.92 Å².